The molecule has 5 nitrogen and oxygen atoms in total. The average Bonchev–Trinajstić information content (AvgIpc) is 3.04. The van der Waals surface area contributed by atoms with Crippen LogP contribution in [0.15, 0.2) is 42.5 Å². The number of halogens is 1. The molecule has 4 rings (SSSR count). The predicted octanol–water partition coefficient (Wildman–Crippen LogP) is 2.40. The zero-order valence-corrected chi connectivity index (χ0v) is 13.5. The Morgan fingerprint density at radius 1 is 1.12 bits per heavy atom. The molecule has 1 atom stereocenters. The zero-order valence-electron chi connectivity index (χ0n) is 13.5. The second-order valence-electron chi connectivity index (χ2n) is 6.30. The number of fused-ring (bicyclic) bond motifs is 2. The molecule has 0 saturated heterocycles. The van der Waals surface area contributed by atoms with Crippen LogP contribution in [-0.4, -0.2) is 35.2 Å². The normalized spacial score (nSPS) is 18.6. The third-order valence-corrected chi connectivity index (χ3v) is 4.72. The monoisotopic (exact) mass is 338 g/mol. The van der Waals surface area contributed by atoms with Crippen molar-refractivity contribution in [2.75, 3.05) is 11.4 Å². The Hall–Kier alpha value is -3.02. The lowest BCUT2D eigenvalue weighted by Gasteiger charge is -2.25. The summed E-state index contributed by atoms with van der Waals surface area (Å²) in [6.45, 7) is 1.52. The molecule has 0 aromatic heterocycles. The first-order valence-electron chi connectivity index (χ1n) is 8.03. The minimum Gasteiger partial charge on any atom is -0.307 e. The first-order chi connectivity index (χ1) is 12.0. The number of benzene rings is 2. The van der Waals surface area contributed by atoms with E-state index in [0.29, 0.717) is 0 Å². The summed E-state index contributed by atoms with van der Waals surface area (Å²) in [5.41, 5.74) is 1.60. The highest BCUT2D eigenvalue weighted by Crippen LogP contribution is 2.32. The van der Waals surface area contributed by atoms with Gasteiger partial charge in [-0.1, -0.05) is 24.3 Å². The van der Waals surface area contributed by atoms with E-state index in [-0.39, 0.29) is 23.1 Å². The number of hydrogen-bond donors (Lipinski definition) is 0. The summed E-state index contributed by atoms with van der Waals surface area (Å²) in [5.74, 6) is -2.49. The molecule has 0 bridgehead atoms. The van der Waals surface area contributed by atoms with Crippen molar-refractivity contribution >= 4 is 23.4 Å². The molecule has 0 saturated carbocycles. The zero-order chi connectivity index (χ0) is 17.7. The van der Waals surface area contributed by atoms with Crippen LogP contribution in [0.25, 0.3) is 0 Å². The highest BCUT2D eigenvalue weighted by atomic mass is 19.1. The molecule has 0 radical (unpaired) electrons. The Kier molecular flexibility index (Phi) is 3.42. The second-order valence-corrected chi connectivity index (χ2v) is 6.30. The molecule has 2 aromatic rings. The lowest BCUT2D eigenvalue weighted by Crippen LogP contribution is -2.45. The second kappa shape index (κ2) is 5.51. The third kappa shape index (κ3) is 2.25. The van der Waals surface area contributed by atoms with Crippen LogP contribution in [0.1, 0.15) is 33.2 Å². The van der Waals surface area contributed by atoms with Crippen LogP contribution in [0.5, 0.6) is 0 Å². The number of hydrogen-bond acceptors (Lipinski definition) is 3. The topological polar surface area (TPSA) is 57.7 Å². The Balaban J connectivity index is 1.62. The van der Waals surface area contributed by atoms with Crippen molar-refractivity contribution in [2.24, 2.45) is 0 Å². The van der Waals surface area contributed by atoms with E-state index < -0.39 is 24.2 Å². The molecule has 0 spiro atoms. The molecule has 3 amide bonds. The molecule has 2 heterocycles. The van der Waals surface area contributed by atoms with Crippen LogP contribution in [0.3, 0.4) is 0 Å². The first-order valence-corrected chi connectivity index (χ1v) is 8.03. The van der Waals surface area contributed by atoms with Crippen molar-refractivity contribution in [1.82, 2.24) is 4.90 Å². The number of rotatable bonds is 2. The van der Waals surface area contributed by atoms with E-state index in [9.17, 15) is 18.8 Å². The number of amides is 3. The smallest absolute Gasteiger partial charge is 0.265 e. The van der Waals surface area contributed by atoms with Gasteiger partial charge in [0.15, 0.2) is 0 Å². The number of nitrogens with zero attached hydrogens (tertiary/aromatic N) is 2. The average molecular weight is 338 g/mol. The largest absolute Gasteiger partial charge is 0.307 e. The minimum absolute atomic E-state index is 0.00710. The van der Waals surface area contributed by atoms with Gasteiger partial charge in [-0.3, -0.25) is 19.3 Å². The van der Waals surface area contributed by atoms with E-state index in [0.717, 1.165) is 28.6 Å². The van der Waals surface area contributed by atoms with Crippen molar-refractivity contribution in [3.8, 4) is 0 Å². The van der Waals surface area contributed by atoms with E-state index in [1.54, 1.807) is 4.90 Å². The molecular formula is C19H15FN2O3. The molecule has 6 heteroatoms. The Bertz CT molecular complexity index is 925. The maximum atomic E-state index is 13.9. The Labute approximate surface area is 143 Å². The van der Waals surface area contributed by atoms with Gasteiger partial charge in [-0.2, -0.15) is 0 Å². The van der Waals surface area contributed by atoms with Crippen LogP contribution in [0.4, 0.5) is 10.1 Å². The summed E-state index contributed by atoms with van der Waals surface area (Å²) < 4.78 is 13.9. The van der Waals surface area contributed by atoms with E-state index in [4.69, 9.17) is 0 Å². The van der Waals surface area contributed by atoms with Gasteiger partial charge in [0.25, 0.3) is 11.8 Å². The third-order valence-electron chi connectivity index (χ3n) is 4.72. The molecule has 2 aliphatic heterocycles. The van der Waals surface area contributed by atoms with Crippen LogP contribution in [-0.2, 0) is 11.2 Å². The maximum Gasteiger partial charge on any atom is 0.265 e. The Morgan fingerprint density at radius 2 is 1.88 bits per heavy atom. The molecular weight excluding hydrogens is 323 g/mol. The minimum atomic E-state index is -0.758. The van der Waals surface area contributed by atoms with Gasteiger partial charge in [-0.15, -0.1) is 0 Å². The number of carbonyl (C=O) groups excluding carboxylic acids is 3. The fourth-order valence-corrected chi connectivity index (χ4v) is 3.59. The molecule has 0 N–H and O–H groups in total. The molecule has 25 heavy (non-hydrogen) atoms. The van der Waals surface area contributed by atoms with E-state index in [1.807, 2.05) is 31.2 Å². The highest BCUT2D eigenvalue weighted by Gasteiger charge is 2.40. The number of carbonyl (C=O) groups is 3. The van der Waals surface area contributed by atoms with Gasteiger partial charge in [0, 0.05) is 11.7 Å². The summed E-state index contributed by atoms with van der Waals surface area (Å²) >= 11 is 0. The fraction of sp³-hybridized carbons (Fsp3) is 0.211. The molecule has 126 valence electrons. The molecule has 2 aliphatic rings. The number of imide groups is 1. The van der Waals surface area contributed by atoms with E-state index in [2.05, 4.69) is 0 Å². The van der Waals surface area contributed by atoms with Crippen molar-refractivity contribution in [3.05, 3.63) is 65.0 Å². The number of anilines is 1. The lowest BCUT2D eigenvalue weighted by molar-refractivity contribution is -0.119. The quantitative estimate of drug-likeness (QED) is 0.790. The summed E-state index contributed by atoms with van der Waals surface area (Å²) in [7, 11) is 0. The number of para-hydroxylation sites is 1. The van der Waals surface area contributed by atoms with Gasteiger partial charge >= 0.3 is 0 Å². The lowest BCUT2D eigenvalue weighted by atomic mass is 10.1. The van der Waals surface area contributed by atoms with Crippen molar-refractivity contribution in [2.45, 2.75) is 19.4 Å². The molecule has 2 aromatic carbocycles. The van der Waals surface area contributed by atoms with Gasteiger partial charge in [0.2, 0.25) is 5.91 Å². The summed E-state index contributed by atoms with van der Waals surface area (Å²) in [6.07, 6.45) is 0.721. The summed E-state index contributed by atoms with van der Waals surface area (Å²) in [5, 5.41) is 0. The van der Waals surface area contributed by atoms with Gasteiger partial charge in [-0.05, 0) is 37.1 Å². The van der Waals surface area contributed by atoms with Crippen LogP contribution in [0, 0.1) is 5.82 Å². The Morgan fingerprint density at radius 3 is 2.64 bits per heavy atom. The SMILES string of the molecule is CC1Cc2ccccc2N1C(=O)CN1C(=O)c2cccc(F)c2C1=O. The molecule has 1 unspecified atom stereocenters. The van der Waals surface area contributed by atoms with Gasteiger partial charge in [0.05, 0.1) is 11.1 Å². The van der Waals surface area contributed by atoms with E-state index in [1.165, 1.54) is 12.1 Å². The first kappa shape index (κ1) is 15.5. The fourth-order valence-electron chi connectivity index (χ4n) is 3.59. The van der Waals surface area contributed by atoms with Crippen molar-refractivity contribution < 1.29 is 18.8 Å². The summed E-state index contributed by atoms with van der Waals surface area (Å²) in [4.78, 5) is 40.0. The van der Waals surface area contributed by atoms with Gasteiger partial charge in [0.1, 0.15) is 12.4 Å². The maximum absolute atomic E-state index is 13.9. The van der Waals surface area contributed by atoms with Crippen LogP contribution in [0.2, 0.25) is 0 Å². The molecule has 0 aliphatic carbocycles. The standard InChI is InChI=1S/C19H15FN2O3/c1-11-9-12-5-2-3-8-15(12)22(11)16(23)10-21-18(24)13-6-4-7-14(20)17(13)19(21)25/h2-8,11H,9-10H2,1H3. The van der Waals surface area contributed by atoms with E-state index >= 15 is 0 Å². The molecule has 0 fully saturated rings. The highest BCUT2D eigenvalue weighted by molar-refractivity contribution is 6.23. The van der Waals surface area contributed by atoms with Crippen molar-refractivity contribution in [1.29, 1.82) is 0 Å². The summed E-state index contributed by atoms with van der Waals surface area (Å²) in [6, 6.07) is 11.4. The predicted molar refractivity (Wildman–Crippen MR) is 88.9 cm³/mol. The van der Waals surface area contributed by atoms with Crippen LogP contribution < -0.4 is 4.90 Å². The van der Waals surface area contributed by atoms with Crippen molar-refractivity contribution in [3.63, 3.8) is 0 Å². The van der Waals surface area contributed by atoms with Crippen LogP contribution >= 0.6 is 0 Å². The van der Waals surface area contributed by atoms with Gasteiger partial charge in [-0.25, -0.2) is 4.39 Å². The van der Waals surface area contributed by atoms with Gasteiger partial charge < -0.3 is 4.90 Å².